The first-order valence-electron chi connectivity index (χ1n) is 6.90. The molecule has 0 heterocycles. The van der Waals surface area contributed by atoms with E-state index < -0.39 is 0 Å². The van der Waals surface area contributed by atoms with Gasteiger partial charge in [-0.1, -0.05) is 15.9 Å². The lowest BCUT2D eigenvalue weighted by Gasteiger charge is -2.14. The summed E-state index contributed by atoms with van der Waals surface area (Å²) < 4.78 is 22.3. The van der Waals surface area contributed by atoms with Gasteiger partial charge in [-0.25, -0.2) is 0 Å². The van der Waals surface area contributed by atoms with Crippen molar-refractivity contribution in [3.8, 4) is 23.0 Å². The summed E-state index contributed by atoms with van der Waals surface area (Å²) in [5, 5.41) is 0. The highest BCUT2D eigenvalue weighted by Crippen LogP contribution is 2.33. The Labute approximate surface area is 143 Å². The number of methoxy groups -OCH3 is 2. The van der Waals surface area contributed by atoms with Gasteiger partial charge in [0.25, 0.3) is 0 Å². The number of hydrogen-bond donors (Lipinski definition) is 0. The van der Waals surface area contributed by atoms with Gasteiger partial charge >= 0.3 is 0 Å². The Morgan fingerprint density at radius 2 is 1.61 bits per heavy atom. The van der Waals surface area contributed by atoms with Crippen molar-refractivity contribution < 1.29 is 23.7 Å². The first-order valence-corrected chi connectivity index (χ1v) is 7.69. The van der Waals surface area contributed by atoms with E-state index in [1.54, 1.807) is 19.2 Å². The van der Waals surface area contributed by atoms with Gasteiger partial charge < -0.3 is 18.9 Å². The van der Waals surface area contributed by atoms with Crippen LogP contribution in [0.3, 0.4) is 0 Å². The molecule has 0 saturated carbocycles. The number of ether oxygens (including phenoxy) is 4. The highest BCUT2D eigenvalue weighted by Gasteiger charge is 2.12. The Balaban J connectivity index is 1.94. The van der Waals surface area contributed by atoms with Crippen LogP contribution in [0.4, 0.5) is 0 Å². The van der Waals surface area contributed by atoms with E-state index in [9.17, 15) is 4.79 Å². The SMILES string of the molecule is COc1ccc(OCCOc2c(C=O)cc(Br)cc2OC)cc1. The predicted molar refractivity (Wildman–Crippen MR) is 90.1 cm³/mol. The summed E-state index contributed by atoms with van der Waals surface area (Å²) in [6.07, 6.45) is 0.729. The van der Waals surface area contributed by atoms with Crippen LogP contribution in [0.2, 0.25) is 0 Å². The fourth-order valence-electron chi connectivity index (χ4n) is 1.96. The molecule has 0 saturated heterocycles. The van der Waals surface area contributed by atoms with Gasteiger partial charge in [-0.05, 0) is 36.4 Å². The minimum atomic E-state index is 0.283. The Morgan fingerprint density at radius 1 is 0.957 bits per heavy atom. The predicted octanol–water partition coefficient (Wildman–Crippen LogP) is 3.74. The van der Waals surface area contributed by atoms with Crippen molar-refractivity contribution in [1.82, 2.24) is 0 Å². The molecule has 0 aliphatic heterocycles. The monoisotopic (exact) mass is 380 g/mol. The first-order chi connectivity index (χ1) is 11.2. The van der Waals surface area contributed by atoms with Crippen LogP contribution in [0.1, 0.15) is 10.4 Å². The number of carbonyl (C=O) groups is 1. The van der Waals surface area contributed by atoms with E-state index in [1.807, 2.05) is 24.3 Å². The van der Waals surface area contributed by atoms with E-state index in [2.05, 4.69) is 15.9 Å². The van der Waals surface area contributed by atoms with Crippen molar-refractivity contribution >= 4 is 22.2 Å². The summed E-state index contributed by atoms with van der Waals surface area (Å²) in [4.78, 5) is 11.2. The van der Waals surface area contributed by atoms with Crippen LogP contribution >= 0.6 is 15.9 Å². The van der Waals surface area contributed by atoms with Crippen LogP contribution in [-0.4, -0.2) is 33.7 Å². The molecule has 0 bridgehead atoms. The third-order valence-corrected chi connectivity index (χ3v) is 3.51. The average molecular weight is 381 g/mol. The van der Waals surface area contributed by atoms with E-state index in [0.29, 0.717) is 29.4 Å². The zero-order valence-corrected chi connectivity index (χ0v) is 14.5. The minimum absolute atomic E-state index is 0.283. The number of hydrogen-bond acceptors (Lipinski definition) is 5. The molecular formula is C17H17BrO5. The Kier molecular flexibility index (Phi) is 6.29. The van der Waals surface area contributed by atoms with E-state index >= 15 is 0 Å². The molecule has 23 heavy (non-hydrogen) atoms. The number of halogens is 1. The Morgan fingerprint density at radius 3 is 2.22 bits per heavy atom. The molecule has 122 valence electrons. The second-order valence-electron chi connectivity index (χ2n) is 4.52. The van der Waals surface area contributed by atoms with Crippen molar-refractivity contribution in [2.45, 2.75) is 0 Å². The number of aldehydes is 1. The normalized spacial score (nSPS) is 10.0. The fourth-order valence-corrected chi connectivity index (χ4v) is 2.41. The summed E-state index contributed by atoms with van der Waals surface area (Å²) in [6.45, 7) is 0.620. The van der Waals surface area contributed by atoms with Crippen LogP contribution in [0, 0.1) is 0 Å². The summed E-state index contributed by atoms with van der Waals surface area (Å²) in [6, 6.07) is 10.7. The van der Waals surface area contributed by atoms with Gasteiger partial charge in [-0.3, -0.25) is 4.79 Å². The topological polar surface area (TPSA) is 54.0 Å². The summed E-state index contributed by atoms with van der Waals surface area (Å²) in [5.74, 6) is 2.38. The van der Waals surface area contributed by atoms with Gasteiger partial charge in [0.1, 0.15) is 24.7 Å². The molecule has 0 unspecified atom stereocenters. The van der Waals surface area contributed by atoms with Crippen molar-refractivity contribution in [1.29, 1.82) is 0 Å². The van der Waals surface area contributed by atoms with Gasteiger partial charge in [-0.15, -0.1) is 0 Å². The second-order valence-corrected chi connectivity index (χ2v) is 5.43. The standard InChI is InChI=1S/C17H17BrO5/c1-20-14-3-5-15(6-4-14)22-7-8-23-17-12(11-19)9-13(18)10-16(17)21-2/h3-6,9-11H,7-8H2,1-2H3. The smallest absolute Gasteiger partial charge is 0.171 e. The largest absolute Gasteiger partial charge is 0.497 e. The third-order valence-electron chi connectivity index (χ3n) is 3.05. The lowest BCUT2D eigenvalue weighted by atomic mass is 10.2. The molecule has 0 spiro atoms. The van der Waals surface area contributed by atoms with Crippen LogP contribution in [0.5, 0.6) is 23.0 Å². The summed E-state index contributed by atoms with van der Waals surface area (Å²) >= 11 is 3.32. The minimum Gasteiger partial charge on any atom is -0.497 e. The molecule has 5 nitrogen and oxygen atoms in total. The number of benzene rings is 2. The Bertz CT molecular complexity index is 655. The molecule has 2 aromatic rings. The lowest BCUT2D eigenvalue weighted by molar-refractivity contribution is 0.111. The quantitative estimate of drug-likeness (QED) is 0.515. The lowest BCUT2D eigenvalue weighted by Crippen LogP contribution is -2.10. The molecule has 0 atom stereocenters. The first kappa shape index (κ1) is 17.1. The van der Waals surface area contributed by atoms with Gasteiger partial charge in [-0.2, -0.15) is 0 Å². The maximum absolute atomic E-state index is 11.2. The fraction of sp³-hybridized carbons (Fsp3) is 0.235. The third kappa shape index (κ3) is 4.63. The maximum Gasteiger partial charge on any atom is 0.171 e. The molecule has 2 aromatic carbocycles. The molecule has 0 radical (unpaired) electrons. The van der Waals surface area contributed by atoms with E-state index in [-0.39, 0.29) is 6.61 Å². The molecule has 0 aromatic heterocycles. The van der Waals surface area contributed by atoms with Crippen molar-refractivity contribution in [3.63, 3.8) is 0 Å². The summed E-state index contributed by atoms with van der Waals surface area (Å²) in [7, 11) is 3.14. The molecule has 0 aliphatic rings. The Hall–Kier alpha value is -2.21. The van der Waals surface area contributed by atoms with Crippen molar-refractivity contribution in [3.05, 3.63) is 46.4 Å². The van der Waals surface area contributed by atoms with Crippen molar-refractivity contribution in [2.24, 2.45) is 0 Å². The maximum atomic E-state index is 11.2. The second kappa shape index (κ2) is 8.43. The zero-order valence-electron chi connectivity index (χ0n) is 12.9. The van der Waals surface area contributed by atoms with Gasteiger partial charge in [0.15, 0.2) is 17.8 Å². The molecular weight excluding hydrogens is 364 g/mol. The van der Waals surface area contributed by atoms with Crippen LogP contribution in [0.25, 0.3) is 0 Å². The molecule has 0 fully saturated rings. The molecule has 0 aliphatic carbocycles. The highest BCUT2D eigenvalue weighted by atomic mass is 79.9. The van der Waals surface area contributed by atoms with E-state index in [1.165, 1.54) is 7.11 Å². The zero-order chi connectivity index (χ0) is 16.7. The highest BCUT2D eigenvalue weighted by molar-refractivity contribution is 9.10. The number of rotatable bonds is 8. The van der Waals surface area contributed by atoms with E-state index in [4.69, 9.17) is 18.9 Å². The average Bonchev–Trinajstić information content (AvgIpc) is 2.59. The molecule has 6 heteroatoms. The van der Waals surface area contributed by atoms with E-state index in [0.717, 1.165) is 16.5 Å². The van der Waals surface area contributed by atoms with Crippen LogP contribution in [-0.2, 0) is 0 Å². The number of carbonyl (C=O) groups excluding carboxylic acids is 1. The van der Waals surface area contributed by atoms with Gasteiger partial charge in [0.2, 0.25) is 0 Å². The van der Waals surface area contributed by atoms with Crippen LogP contribution in [0.15, 0.2) is 40.9 Å². The molecule has 2 rings (SSSR count). The van der Waals surface area contributed by atoms with Gasteiger partial charge in [0.05, 0.1) is 19.8 Å². The summed E-state index contributed by atoms with van der Waals surface area (Å²) in [5.41, 5.74) is 0.417. The van der Waals surface area contributed by atoms with Gasteiger partial charge in [0, 0.05) is 4.47 Å². The van der Waals surface area contributed by atoms with Crippen LogP contribution < -0.4 is 18.9 Å². The molecule has 0 amide bonds. The molecule has 0 N–H and O–H groups in total. The van der Waals surface area contributed by atoms with Crippen molar-refractivity contribution in [2.75, 3.05) is 27.4 Å².